The molecule has 0 aliphatic heterocycles. The van der Waals surface area contributed by atoms with Crippen molar-refractivity contribution in [2.75, 3.05) is 0 Å². The third-order valence-corrected chi connectivity index (χ3v) is 2.63. The fraction of sp³-hybridized carbons (Fsp3) is 0.400. The highest BCUT2D eigenvalue weighted by Gasteiger charge is 2.01. The number of nitrogens with one attached hydrogen (secondary N) is 1. The van der Waals surface area contributed by atoms with Crippen molar-refractivity contribution in [3.05, 3.63) is 53.7 Å². The van der Waals surface area contributed by atoms with E-state index in [0.29, 0.717) is 19.3 Å². The predicted molar refractivity (Wildman–Crippen MR) is 73.4 cm³/mol. The average Bonchev–Trinajstić information content (AvgIpc) is 2.90. The molecule has 0 aliphatic rings. The summed E-state index contributed by atoms with van der Waals surface area (Å²) in [6, 6.07) is 10.2. The molecule has 1 N–H and O–H groups in total. The minimum absolute atomic E-state index is 0.459. The highest BCUT2D eigenvalue weighted by molar-refractivity contribution is 5.10. The van der Waals surface area contributed by atoms with Crippen molar-refractivity contribution < 1.29 is 9.15 Å². The molecule has 2 aromatic rings. The second kappa shape index (κ2) is 7.07. The first kappa shape index (κ1) is 13.8. The number of rotatable bonds is 7. The summed E-state index contributed by atoms with van der Waals surface area (Å²) >= 11 is 0. The summed E-state index contributed by atoms with van der Waals surface area (Å²) in [6.45, 7) is 6.00. The van der Waals surface area contributed by atoms with Crippen LogP contribution in [0.3, 0.4) is 0 Å². The van der Waals surface area contributed by atoms with Gasteiger partial charge in [0.15, 0.2) is 0 Å². The highest BCUT2D eigenvalue weighted by Crippen LogP contribution is 2.06. The van der Waals surface area contributed by atoms with E-state index in [-0.39, 0.29) is 0 Å². The summed E-state index contributed by atoms with van der Waals surface area (Å²) < 4.78 is 10.8. The van der Waals surface area contributed by atoms with E-state index in [1.165, 1.54) is 0 Å². The van der Waals surface area contributed by atoms with Crippen molar-refractivity contribution >= 4 is 0 Å². The maximum Gasteiger partial charge on any atom is 0.129 e. The van der Waals surface area contributed by atoms with Crippen LogP contribution < -0.4 is 5.32 Å². The number of furan rings is 1. The molecule has 2 aromatic heterocycles. The molecule has 0 spiro atoms. The Morgan fingerprint density at radius 3 is 2.74 bits per heavy atom. The van der Waals surface area contributed by atoms with E-state index in [1.807, 2.05) is 30.3 Å². The van der Waals surface area contributed by atoms with Gasteiger partial charge in [-0.2, -0.15) is 0 Å². The Kier molecular flexibility index (Phi) is 5.12. The second-order valence-corrected chi connectivity index (χ2v) is 4.73. The molecule has 4 heteroatoms. The Morgan fingerprint density at radius 2 is 2.00 bits per heavy atom. The maximum atomic E-state index is 5.57. The van der Waals surface area contributed by atoms with Gasteiger partial charge in [0.2, 0.25) is 0 Å². The van der Waals surface area contributed by atoms with E-state index >= 15 is 0 Å². The molecule has 0 aliphatic carbocycles. The van der Waals surface area contributed by atoms with Gasteiger partial charge in [-0.15, -0.1) is 0 Å². The Morgan fingerprint density at radius 1 is 1.16 bits per heavy atom. The minimum atomic E-state index is 0.459. The first-order valence-corrected chi connectivity index (χ1v) is 6.52. The zero-order valence-corrected chi connectivity index (χ0v) is 11.4. The topological polar surface area (TPSA) is 47.3 Å². The lowest BCUT2D eigenvalue weighted by atomic mass is 10.3. The molecule has 102 valence electrons. The van der Waals surface area contributed by atoms with Gasteiger partial charge >= 0.3 is 0 Å². The monoisotopic (exact) mass is 260 g/mol. The van der Waals surface area contributed by atoms with Gasteiger partial charge < -0.3 is 14.5 Å². The molecule has 0 unspecified atom stereocenters. The fourth-order valence-electron chi connectivity index (χ4n) is 1.67. The van der Waals surface area contributed by atoms with Crippen LogP contribution in [0.2, 0.25) is 0 Å². The number of aromatic nitrogens is 1. The molecular weight excluding hydrogens is 240 g/mol. The van der Waals surface area contributed by atoms with Crippen LogP contribution in [-0.2, 0) is 24.5 Å². The normalized spacial score (nSPS) is 11.1. The third kappa shape index (κ3) is 4.85. The zero-order chi connectivity index (χ0) is 13.5. The number of ether oxygens (including phenoxy) is 1. The van der Waals surface area contributed by atoms with Crippen LogP contribution >= 0.6 is 0 Å². The van der Waals surface area contributed by atoms with E-state index in [1.54, 1.807) is 6.26 Å². The molecule has 0 saturated heterocycles. The van der Waals surface area contributed by atoms with Crippen LogP contribution in [0.15, 0.2) is 41.0 Å². The average molecular weight is 260 g/mol. The van der Waals surface area contributed by atoms with Gasteiger partial charge in [0.25, 0.3) is 0 Å². The smallest absolute Gasteiger partial charge is 0.129 e. The largest absolute Gasteiger partial charge is 0.467 e. The Bertz CT molecular complexity index is 481. The molecule has 2 rings (SSSR count). The van der Waals surface area contributed by atoms with Crippen LogP contribution in [0.4, 0.5) is 0 Å². The predicted octanol–water partition coefficient (Wildman–Crippen LogP) is 2.89. The Balaban J connectivity index is 1.81. The summed E-state index contributed by atoms with van der Waals surface area (Å²) in [4.78, 5) is 4.55. The molecule has 0 amide bonds. The van der Waals surface area contributed by atoms with Gasteiger partial charge in [0.05, 0.1) is 24.3 Å². The zero-order valence-electron chi connectivity index (χ0n) is 11.4. The molecule has 0 radical (unpaired) electrons. The summed E-state index contributed by atoms with van der Waals surface area (Å²) in [5, 5.41) is 3.35. The molecule has 0 atom stereocenters. The first-order valence-electron chi connectivity index (χ1n) is 6.52. The lowest BCUT2D eigenvalue weighted by Gasteiger charge is -2.08. The Hall–Kier alpha value is -1.65. The fourth-order valence-corrected chi connectivity index (χ4v) is 1.67. The summed E-state index contributed by atoms with van der Waals surface area (Å²) in [7, 11) is 0. The molecule has 0 saturated carbocycles. The minimum Gasteiger partial charge on any atom is -0.467 e. The van der Waals surface area contributed by atoms with E-state index in [0.717, 1.165) is 23.7 Å². The summed E-state index contributed by atoms with van der Waals surface area (Å²) in [6.07, 6.45) is 1.65. The van der Waals surface area contributed by atoms with Gasteiger partial charge in [-0.25, -0.2) is 0 Å². The number of nitrogens with zero attached hydrogens (tertiary/aromatic N) is 1. The van der Waals surface area contributed by atoms with Gasteiger partial charge in [-0.3, -0.25) is 4.98 Å². The number of hydrogen-bond acceptors (Lipinski definition) is 4. The standard InChI is InChI=1S/C15H20N2O2/c1-12(2)16-9-13-5-3-6-14(17-13)10-18-11-15-7-4-8-19-15/h3-8,12,16H,9-11H2,1-2H3. The lowest BCUT2D eigenvalue weighted by molar-refractivity contribution is 0.0905. The van der Waals surface area contributed by atoms with Crippen molar-refractivity contribution in [3.8, 4) is 0 Å². The van der Waals surface area contributed by atoms with Gasteiger partial charge in [-0.1, -0.05) is 19.9 Å². The van der Waals surface area contributed by atoms with E-state index in [2.05, 4.69) is 24.1 Å². The van der Waals surface area contributed by atoms with Crippen molar-refractivity contribution in [2.45, 2.75) is 39.6 Å². The molecule has 0 fully saturated rings. The molecule has 19 heavy (non-hydrogen) atoms. The maximum absolute atomic E-state index is 5.57. The summed E-state index contributed by atoms with van der Waals surface area (Å²) in [5.41, 5.74) is 1.97. The molecule has 0 bridgehead atoms. The van der Waals surface area contributed by atoms with Crippen LogP contribution in [-0.4, -0.2) is 11.0 Å². The van der Waals surface area contributed by atoms with Gasteiger partial charge in [-0.05, 0) is 24.3 Å². The third-order valence-electron chi connectivity index (χ3n) is 2.63. The van der Waals surface area contributed by atoms with Gasteiger partial charge in [0.1, 0.15) is 12.4 Å². The van der Waals surface area contributed by atoms with E-state index < -0.39 is 0 Å². The van der Waals surface area contributed by atoms with Crippen LogP contribution in [0.5, 0.6) is 0 Å². The SMILES string of the molecule is CC(C)NCc1cccc(COCc2ccco2)n1. The van der Waals surface area contributed by atoms with Gasteiger partial charge in [0, 0.05) is 12.6 Å². The molecular formula is C15H20N2O2. The molecule has 0 aromatic carbocycles. The second-order valence-electron chi connectivity index (χ2n) is 4.73. The molecule has 2 heterocycles. The van der Waals surface area contributed by atoms with E-state index in [9.17, 15) is 0 Å². The van der Waals surface area contributed by atoms with Crippen LogP contribution in [0.25, 0.3) is 0 Å². The van der Waals surface area contributed by atoms with Crippen molar-refractivity contribution in [1.82, 2.24) is 10.3 Å². The van der Waals surface area contributed by atoms with E-state index in [4.69, 9.17) is 9.15 Å². The Labute approximate surface area is 113 Å². The van der Waals surface area contributed by atoms with Crippen LogP contribution in [0.1, 0.15) is 31.0 Å². The van der Waals surface area contributed by atoms with Crippen molar-refractivity contribution in [2.24, 2.45) is 0 Å². The molecule has 4 nitrogen and oxygen atoms in total. The van der Waals surface area contributed by atoms with Crippen molar-refractivity contribution in [3.63, 3.8) is 0 Å². The highest BCUT2D eigenvalue weighted by atomic mass is 16.5. The lowest BCUT2D eigenvalue weighted by Crippen LogP contribution is -2.22. The number of pyridine rings is 1. The summed E-state index contributed by atoms with van der Waals surface area (Å²) in [5.74, 6) is 0.831. The van der Waals surface area contributed by atoms with Crippen LogP contribution in [0, 0.1) is 0 Å². The number of hydrogen-bond donors (Lipinski definition) is 1. The first-order chi connectivity index (χ1) is 9.24. The quantitative estimate of drug-likeness (QED) is 0.831. The van der Waals surface area contributed by atoms with Crippen molar-refractivity contribution in [1.29, 1.82) is 0 Å².